The molecule has 9 heteroatoms. The molecule has 3 rings (SSSR count). The van der Waals surface area contributed by atoms with Gasteiger partial charge in [-0.15, -0.1) is 0 Å². The van der Waals surface area contributed by atoms with Crippen molar-refractivity contribution in [3.63, 3.8) is 0 Å². The van der Waals surface area contributed by atoms with Crippen molar-refractivity contribution in [1.82, 2.24) is 19.7 Å². The van der Waals surface area contributed by atoms with Gasteiger partial charge in [-0.3, -0.25) is 4.68 Å². The van der Waals surface area contributed by atoms with Crippen LogP contribution in [0, 0.1) is 6.92 Å². The second-order valence-electron chi connectivity index (χ2n) is 6.19. The van der Waals surface area contributed by atoms with Crippen molar-refractivity contribution in [1.29, 1.82) is 0 Å². The summed E-state index contributed by atoms with van der Waals surface area (Å²) in [4.78, 5) is 8.68. The number of hydrogen-bond acceptors (Lipinski definition) is 5. The van der Waals surface area contributed by atoms with Crippen LogP contribution >= 0.6 is 11.6 Å². The first-order valence-corrected chi connectivity index (χ1v) is 10.3. The van der Waals surface area contributed by atoms with Gasteiger partial charge in [0, 0.05) is 24.4 Å². The molecular weight excluding hydrogens is 386 g/mol. The van der Waals surface area contributed by atoms with Crippen molar-refractivity contribution in [2.75, 3.05) is 4.72 Å². The summed E-state index contributed by atoms with van der Waals surface area (Å²) in [7, 11) is -2.22. The highest BCUT2D eigenvalue weighted by atomic mass is 35.5. The lowest BCUT2D eigenvalue weighted by Crippen LogP contribution is -2.15. The maximum atomic E-state index is 12.6. The summed E-state index contributed by atoms with van der Waals surface area (Å²) in [6.07, 6.45) is 4.22. The molecule has 7 nitrogen and oxygen atoms in total. The molecule has 0 aliphatic heterocycles. The first-order chi connectivity index (χ1) is 12.8. The van der Waals surface area contributed by atoms with E-state index in [-0.39, 0.29) is 16.0 Å². The zero-order chi connectivity index (χ0) is 19.6. The van der Waals surface area contributed by atoms with Crippen molar-refractivity contribution >= 4 is 27.6 Å². The molecule has 1 aromatic carbocycles. The summed E-state index contributed by atoms with van der Waals surface area (Å²) in [5.41, 5.74) is 3.36. The van der Waals surface area contributed by atoms with Gasteiger partial charge >= 0.3 is 0 Å². The Morgan fingerprint density at radius 3 is 2.59 bits per heavy atom. The monoisotopic (exact) mass is 405 g/mol. The highest BCUT2D eigenvalue weighted by Crippen LogP contribution is 2.31. The molecular formula is C18H20ClN5O2S. The Balaban J connectivity index is 2.09. The van der Waals surface area contributed by atoms with Crippen molar-refractivity contribution in [2.45, 2.75) is 31.6 Å². The number of anilines is 1. The molecule has 3 aromatic rings. The van der Waals surface area contributed by atoms with Crippen molar-refractivity contribution in [3.8, 4) is 11.3 Å². The number of nitrogens with zero attached hydrogens (tertiary/aromatic N) is 4. The third-order valence-electron chi connectivity index (χ3n) is 4.07. The predicted octanol–water partition coefficient (Wildman–Crippen LogP) is 3.59. The molecule has 2 aromatic heterocycles. The summed E-state index contributed by atoms with van der Waals surface area (Å²) >= 11 is 6.39. The van der Waals surface area contributed by atoms with Crippen LogP contribution in [0.5, 0.6) is 0 Å². The van der Waals surface area contributed by atoms with Crippen LogP contribution in [0.3, 0.4) is 0 Å². The highest BCUT2D eigenvalue weighted by Gasteiger charge is 2.21. The third-order valence-corrected chi connectivity index (χ3v) is 5.67. The molecule has 0 aliphatic carbocycles. The minimum absolute atomic E-state index is 0.0276. The summed E-state index contributed by atoms with van der Waals surface area (Å²) in [6, 6.07) is 7.76. The topological polar surface area (TPSA) is 89.8 Å². The van der Waals surface area contributed by atoms with E-state index in [0.29, 0.717) is 12.1 Å². The van der Waals surface area contributed by atoms with Gasteiger partial charge in [-0.25, -0.2) is 18.1 Å². The van der Waals surface area contributed by atoms with Crippen LogP contribution in [0.4, 0.5) is 5.95 Å². The standard InChI is InChI=1S/C18H20ClN5O2S/c1-4-7-15-16(14-9-6-5-8-12(14)2)21-18(22-17(15)19)23-27(25,26)13-10-20-24(3)11-13/h5-6,8-11H,4,7H2,1-3H3,(H,21,22,23). The molecule has 0 bridgehead atoms. The van der Waals surface area contributed by atoms with E-state index in [0.717, 1.165) is 23.1 Å². The van der Waals surface area contributed by atoms with Gasteiger partial charge in [0.1, 0.15) is 10.0 Å². The van der Waals surface area contributed by atoms with E-state index < -0.39 is 10.0 Å². The maximum absolute atomic E-state index is 12.6. The van der Waals surface area contributed by atoms with E-state index in [1.165, 1.54) is 17.1 Å². The lowest BCUT2D eigenvalue weighted by atomic mass is 10.00. The molecule has 0 saturated heterocycles. The zero-order valence-corrected chi connectivity index (χ0v) is 16.8. The van der Waals surface area contributed by atoms with Gasteiger partial charge < -0.3 is 0 Å². The number of hydrogen-bond donors (Lipinski definition) is 1. The molecule has 0 aliphatic rings. The average Bonchev–Trinajstić information content (AvgIpc) is 3.05. The molecule has 0 spiro atoms. The van der Waals surface area contributed by atoms with E-state index >= 15 is 0 Å². The van der Waals surface area contributed by atoms with Crippen molar-refractivity contribution in [3.05, 3.63) is 52.9 Å². The van der Waals surface area contributed by atoms with E-state index in [2.05, 4.69) is 19.8 Å². The Morgan fingerprint density at radius 2 is 1.96 bits per heavy atom. The first-order valence-electron chi connectivity index (χ1n) is 8.45. The van der Waals surface area contributed by atoms with Gasteiger partial charge in [0.15, 0.2) is 0 Å². The number of rotatable bonds is 6. The van der Waals surface area contributed by atoms with E-state index in [4.69, 9.17) is 11.6 Å². The molecule has 27 heavy (non-hydrogen) atoms. The predicted molar refractivity (Wildman–Crippen MR) is 105 cm³/mol. The van der Waals surface area contributed by atoms with Crippen LogP contribution in [0.15, 0.2) is 41.6 Å². The lowest BCUT2D eigenvalue weighted by molar-refractivity contribution is 0.600. The van der Waals surface area contributed by atoms with Gasteiger partial charge in [-0.2, -0.15) is 10.1 Å². The number of benzene rings is 1. The molecule has 0 fully saturated rings. The fourth-order valence-electron chi connectivity index (χ4n) is 2.75. The second kappa shape index (κ2) is 7.66. The second-order valence-corrected chi connectivity index (χ2v) is 8.23. The highest BCUT2D eigenvalue weighted by molar-refractivity contribution is 7.92. The summed E-state index contributed by atoms with van der Waals surface area (Å²) in [6.45, 7) is 4.01. The summed E-state index contributed by atoms with van der Waals surface area (Å²) < 4.78 is 28.9. The number of sulfonamides is 1. The first kappa shape index (κ1) is 19.3. The van der Waals surface area contributed by atoms with Crippen molar-refractivity contribution < 1.29 is 8.42 Å². The molecule has 0 amide bonds. The van der Waals surface area contributed by atoms with Gasteiger partial charge in [0.2, 0.25) is 5.95 Å². The quantitative estimate of drug-likeness (QED) is 0.633. The number of halogens is 1. The Morgan fingerprint density at radius 1 is 1.22 bits per heavy atom. The van der Waals surface area contributed by atoms with E-state index in [1.807, 2.05) is 38.1 Å². The Bertz CT molecular complexity index is 1080. The Hall–Kier alpha value is -2.45. The lowest BCUT2D eigenvalue weighted by Gasteiger charge is -2.14. The van der Waals surface area contributed by atoms with Crippen LogP contribution in [0.25, 0.3) is 11.3 Å². The van der Waals surface area contributed by atoms with Crippen LogP contribution in [-0.4, -0.2) is 28.2 Å². The zero-order valence-electron chi connectivity index (χ0n) is 15.3. The number of aromatic nitrogens is 4. The van der Waals surface area contributed by atoms with Gasteiger partial charge in [0.25, 0.3) is 10.0 Å². The molecule has 0 saturated carbocycles. The average molecular weight is 406 g/mol. The SMILES string of the molecule is CCCc1c(Cl)nc(NS(=O)(=O)c2cnn(C)c2)nc1-c1ccccc1C. The maximum Gasteiger partial charge on any atom is 0.267 e. The molecule has 0 unspecified atom stereocenters. The van der Waals surface area contributed by atoms with Crippen LogP contribution in [-0.2, 0) is 23.5 Å². The fourth-order valence-corrected chi connectivity index (χ4v) is 3.94. The van der Waals surface area contributed by atoms with E-state index in [1.54, 1.807) is 7.05 Å². The smallest absolute Gasteiger partial charge is 0.267 e. The Kier molecular flexibility index (Phi) is 5.48. The summed E-state index contributed by atoms with van der Waals surface area (Å²) in [5.74, 6) is -0.0676. The third kappa shape index (κ3) is 4.12. The molecule has 0 atom stereocenters. The molecule has 0 radical (unpaired) electrons. The molecule has 142 valence electrons. The Labute approximate surface area is 163 Å². The minimum Gasteiger partial charge on any atom is -0.274 e. The van der Waals surface area contributed by atoms with Gasteiger partial charge in [0.05, 0.1) is 11.9 Å². The van der Waals surface area contributed by atoms with Crippen LogP contribution in [0.2, 0.25) is 5.15 Å². The number of nitrogens with one attached hydrogen (secondary N) is 1. The van der Waals surface area contributed by atoms with Crippen LogP contribution in [0.1, 0.15) is 24.5 Å². The fraction of sp³-hybridized carbons (Fsp3) is 0.278. The minimum atomic E-state index is -3.86. The largest absolute Gasteiger partial charge is 0.274 e. The van der Waals surface area contributed by atoms with Crippen molar-refractivity contribution in [2.24, 2.45) is 7.05 Å². The van der Waals surface area contributed by atoms with Crippen LogP contribution < -0.4 is 4.72 Å². The molecule has 2 heterocycles. The van der Waals surface area contributed by atoms with Gasteiger partial charge in [-0.1, -0.05) is 49.2 Å². The summed E-state index contributed by atoms with van der Waals surface area (Å²) in [5, 5.41) is 4.13. The molecule has 1 N–H and O–H groups in total. The van der Waals surface area contributed by atoms with Gasteiger partial charge in [-0.05, 0) is 18.9 Å². The normalized spacial score (nSPS) is 11.6. The number of aryl methyl sites for hydroxylation is 2. The van der Waals surface area contributed by atoms with E-state index in [9.17, 15) is 8.42 Å².